The first kappa shape index (κ1) is 14.9. The molecule has 1 amide bonds. The molecular formula is C16H24N2O2. The molecule has 0 radical (unpaired) electrons. The zero-order valence-corrected chi connectivity index (χ0v) is 12.3. The number of carbonyl (C=O) groups is 1. The van der Waals surface area contributed by atoms with Crippen molar-refractivity contribution in [1.82, 2.24) is 5.32 Å². The Balaban J connectivity index is 2.20. The van der Waals surface area contributed by atoms with Crippen LogP contribution in [0.3, 0.4) is 0 Å². The van der Waals surface area contributed by atoms with Gasteiger partial charge in [0.15, 0.2) is 0 Å². The third-order valence-electron chi connectivity index (χ3n) is 4.06. The van der Waals surface area contributed by atoms with Crippen LogP contribution in [0.25, 0.3) is 0 Å². The Morgan fingerprint density at radius 3 is 2.95 bits per heavy atom. The quantitative estimate of drug-likeness (QED) is 0.885. The molecule has 0 spiro atoms. The minimum atomic E-state index is -0.438. The summed E-state index contributed by atoms with van der Waals surface area (Å²) in [5.41, 5.74) is 2.03. The smallest absolute Gasteiger partial charge is 0.224 e. The topological polar surface area (TPSA) is 52.6 Å². The van der Waals surface area contributed by atoms with Gasteiger partial charge in [-0.15, -0.1) is 0 Å². The molecule has 2 N–H and O–H groups in total. The van der Waals surface area contributed by atoms with Crippen molar-refractivity contribution in [2.45, 2.75) is 32.3 Å². The standard InChI is InChI=1S/C16H24N2O2/c1-3-15(19)13-8-4-5-9-14(13)18-10-6-7-12(11-18)16(20)17-2/h4-5,8-9,12,15,19H,3,6-7,10-11H2,1-2H3,(H,17,20)/t12?,15-/m0/s1. The van der Waals surface area contributed by atoms with Gasteiger partial charge in [0.05, 0.1) is 12.0 Å². The Labute approximate surface area is 120 Å². The molecule has 1 aliphatic heterocycles. The predicted molar refractivity (Wildman–Crippen MR) is 80.7 cm³/mol. The fraction of sp³-hybridized carbons (Fsp3) is 0.562. The molecule has 4 nitrogen and oxygen atoms in total. The zero-order chi connectivity index (χ0) is 14.5. The lowest BCUT2D eigenvalue weighted by Crippen LogP contribution is -2.42. The van der Waals surface area contributed by atoms with Crippen LogP contribution >= 0.6 is 0 Å². The molecule has 2 atom stereocenters. The van der Waals surface area contributed by atoms with E-state index >= 15 is 0 Å². The first-order valence-electron chi connectivity index (χ1n) is 7.40. The van der Waals surface area contributed by atoms with Gasteiger partial charge >= 0.3 is 0 Å². The Bertz CT molecular complexity index is 462. The van der Waals surface area contributed by atoms with E-state index in [1.807, 2.05) is 31.2 Å². The molecule has 20 heavy (non-hydrogen) atoms. The number of para-hydroxylation sites is 1. The largest absolute Gasteiger partial charge is 0.388 e. The van der Waals surface area contributed by atoms with Crippen molar-refractivity contribution in [1.29, 1.82) is 0 Å². The fourth-order valence-electron chi connectivity index (χ4n) is 2.89. The molecule has 0 aliphatic carbocycles. The van der Waals surface area contributed by atoms with Crippen LogP contribution in [0.4, 0.5) is 5.69 Å². The molecule has 1 unspecified atom stereocenters. The van der Waals surface area contributed by atoms with Crippen molar-refractivity contribution in [3.63, 3.8) is 0 Å². The first-order chi connectivity index (χ1) is 9.67. The monoisotopic (exact) mass is 276 g/mol. The van der Waals surface area contributed by atoms with Gasteiger partial charge < -0.3 is 15.3 Å². The van der Waals surface area contributed by atoms with E-state index in [1.165, 1.54) is 0 Å². The summed E-state index contributed by atoms with van der Waals surface area (Å²) < 4.78 is 0. The summed E-state index contributed by atoms with van der Waals surface area (Å²) in [6, 6.07) is 7.97. The van der Waals surface area contributed by atoms with Crippen molar-refractivity contribution in [3.8, 4) is 0 Å². The van der Waals surface area contributed by atoms with Crippen LogP contribution in [0.5, 0.6) is 0 Å². The number of nitrogens with zero attached hydrogens (tertiary/aromatic N) is 1. The molecule has 110 valence electrons. The molecule has 2 rings (SSSR count). The van der Waals surface area contributed by atoms with E-state index in [1.54, 1.807) is 7.05 Å². The van der Waals surface area contributed by atoms with Crippen LogP contribution in [0.15, 0.2) is 24.3 Å². The van der Waals surface area contributed by atoms with Gasteiger partial charge in [-0.05, 0) is 25.3 Å². The third-order valence-corrected chi connectivity index (χ3v) is 4.06. The summed E-state index contributed by atoms with van der Waals surface area (Å²) in [4.78, 5) is 14.1. The van der Waals surface area contributed by atoms with Gasteiger partial charge in [-0.25, -0.2) is 0 Å². The van der Waals surface area contributed by atoms with Crippen LogP contribution in [-0.4, -0.2) is 31.2 Å². The molecule has 1 saturated heterocycles. The lowest BCUT2D eigenvalue weighted by Gasteiger charge is -2.35. The number of anilines is 1. The van der Waals surface area contributed by atoms with Crippen LogP contribution < -0.4 is 10.2 Å². The number of aliphatic hydroxyl groups excluding tert-OH is 1. The van der Waals surface area contributed by atoms with E-state index in [2.05, 4.69) is 10.2 Å². The van der Waals surface area contributed by atoms with Crippen molar-refractivity contribution < 1.29 is 9.90 Å². The molecule has 1 aromatic rings. The second-order valence-electron chi connectivity index (χ2n) is 5.38. The minimum absolute atomic E-state index is 0.0422. The second-order valence-corrected chi connectivity index (χ2v) is 5.38. The lowest BCUT2D eigenvalue weighted by molar-refractivity contribution is -0.124. The van der Waals surface area contributed by atoms with E-state index in [4.69, 9.17) is 0 Å². The van der Waals surface area contributed by atoms with Crippen LogP contribution in [0, 0.1) is 5.92 Å². The van der Waals surface area contributed by atoms with E-state index in [-0.39, 0.29) is 11.8 Å². The molecule has 1 aliphatic rings. The average molecular weight is 276 g/mol. The molecule has 0 aromatic heterocycles. The number of hydrogen-bond donors (Lipinski definition) is 2. The van der Waals surface area contributed by atoms with E-state index in [0.29, 0.717) is 6.42 Å². The number of piperidine rings is 1. The third kappa shape index (κ3) is 3.12. The van der Waals surface area contributed by atoms with Crippen molar-refractivity contribution in [2.75, 3.05) is 25.0 Å². The lowest BCUT2D eigenvalue weighted by atomic mass is 9.95. The van der Waals surface area contributed by atoms with Crippen LogP contribution in [-0.2, 0) is 4.79 Å². The van der Waals surface area contributed by atoms with Crippen LogP contribution in [0.2, 0.25) is 0 Å². The number of aliphatic hydroxyl groups is 1. The number of rotatable bonds is 4. The van der Waals surface area contributed by atoms with Crippen LogP contribution in [0.1, 0.15) is 37.9 Å². The Morgan fingerprint density at radius 2 is 2.25 bits per heavy atom. The van der Waals surface area contributed by atoms with Crippen molar-refractivity contribution in [3.05, 3.63) is 29.8 Å². The van der Waals surface area contributed by atoms with Gasteiger partial charge in [0.25, 0.3) is 0 Å². The predicted octanol–water partition coefficient (Wildman–Crippen LogP) is 2.09. The summed E-state index contributed by atoms with van der Waals surface area (Å²) in [7, 11) is 1.69. The van der Waals surface area contributed by atoms with E-state index in [0.717, 1.165) is 37.2 Å². The summed E-state index contributed by atoms with van der Waals surface area (Å²) >= 11 is 0. The van der Waals surface area contributed by atoms with Gasteiger partial charge in [-0.3, -0.25) is 4.79 Å². The number of amides is 1. The van der Waals surface area contributed by atoms with Gasteiger partial charge in [-0.1, -0.05) is 25.1 Å². The highest BCUT2D eigenvalue weighted by Crippen LogP contribution is 2.31. The molecule has 1 heterocycles. The van der Waals surface area contributed by atoms with Crippen molar-refractivity contribution in [2.24, 2.45) is 5.92 Å². The molecule has 0 bridgehead atoms. The normalized spacial score (nSPS) is 20.6. The first-order valence-corrected chi connectivity index (χ1v) is 7.40. The summed E-state index contributed by atoms with van der Waals surface area (Å²) in [5, 5.41) is 12.9. The molecular weight excluding hydrogens is 252 g/mol. The average Bonchev–Trinajstić information content (AvgIpc) is 2.53. The Morgan fingerprint density at radius 1 is 1.50 bits per heavy atom. The van der Waals surface area contributed by atoms with Gasteiger partial charge in [0, 0.05) is 31.4 Å². The second kappa shape index (κ2) is 6.75. The molecule has 4 heteroatoms. The maximum absolute atomic E-state index is 11.8. The Hall–Kier alpha value is -1.55. The van der Waals surface area contributed by atoms with Gasteiger partial charge in [0.1, 0.15) is 0 Å². The SMILES string of the molecule is CC[C@H](O)c1ccccc1N1CCCC(C(=O)NC)C1. The van der Waals surface area contributed by atoms with Gasteiger partial charge in [-0.2, -0.15) is 0 Å². The summed E-state index contributed by atoms with van der Waals surface area (Å²) in [6.07, 6.45) is 2.21. The minimum Gasteiger partial charge on any atom is -0.388 e. The van der Waals surface area contributed by atoms with Crippen molar-refractivity contribution >= 4 is 11.6 Å². The maximum Gasteiger partial charge on any atom is 0.224 e. The zero-order valence-electron chi connectivity index (χ0n) is 12.3. The highest BCUT2D eigenvalue weighted by molar-refractivity contribution is 5.79. The van der Waals surface area contributed by atoms with E-state index < -0.39 is 6.10 Å². The summed E-state index contributed by atoms with van der Waals surface area (Å²) in [6.45, 7) is 3.65. The highest BCUT2D eigenvalue weighted by Gasteiger charge is 2.26. The highest BCUT2D eigenvalue weighted by atomic mass is 16.3. The Kier molecular flexibility index (Phi) is 5.01. The number of nitrogens with one attached hydrogen (secondary N) is 1. The number of carbonyl (C=O) groups excluding carboxylic acids is 1. The summed E-state index contributed by atoms with van der Waals surface area (Å²) in [5.74, 6) is 0.156. The van der Waals surface area contributed by atoms with Gasteiger partial charge in [0.2, 0.25) is 5.91 Å². The fourth-order valence-corrected chi connectivity index (χ4v) is 2.89. The number of benzene rings is 1. The van der Waals surface area contributed by atoms with E-state index in [9.17, 15) is 9.90 Å². The number of hydrogen-bond acceptors (Lipinski definition) is 3. The molecule has 1 fully saturated rings. The maximum atomic E-state index is 11.8. The molecule has 1 aromatic carbocycles. The molecule has 0 saturated carbocycles.